The highest BCUT2D eigenvalue weighted by Crippen LogP contribution is 2.35. The minimum absolute atomic E-state index is 0.0844. The first-order valence-corrected chi connectivity index (χ1v) is 5.58. The van der Waals surface area contributed by atoms with Crippen molar-refractivity contribution < 1.29 is 8.81 Å². The van der Waals surface area contributed by atoms with Crippen LogP contribution < -0.4 is 5.73 Å². The highest BCUT2D eigenvalue weighted by molar-refractivity contribution is 14.1. The lowest BCUT2D eigenvalue weighted by Gasteiger charge is -2.02. The summed E-state index contributed by atoms with van der Waals surface area (Å²) in [7, 11) is 0. The van der Waals surface area contributed by atoms with E-state index in [0.29, 0.717) is 20.6 Å². The zero-order valence-corrected chi connectivity index (χ0v) is 10.8. The molecule has 14 heavy (non-hydrogen) atoms. The van der Waals surface area contributed by atoms with Crippen LogP contribution in [0.15, 0.2) is 8.89 Å². The van der Waals surface area contributed by atoms with E-state index in [4.69, 9.17) is 10.2 Å². The predicted octanol–water partition coefficient (Wildman–Crippen LogP) is 3.22. The number of halogens is 3. The summed E-state index contributed by atoms with van der Waals surface area (Å²) in [4.78, 5) is 4.06. The van der Waals surface area contributed by atoms with E-state index < -0.39 is 5.82 Å². The van der Waals surface area contributed by atoms with Gasteiger partial charge in [-0.1, -0.05) is 0 Å². The third-order valence-electron chi connectivity index (χ3n) is 1.81. The molecule has 0 radical (unpaired) electrons. The number of rotatable bonds is 0. The third kappa shape index (κ3) is 1.31. The monoisotopic (exact) mass is 370 g/mol. The maximum atomic E-state index is 13.5. The Labute approximate surface area is 101 Å². The second-order valence-electron chi connectivity index (χ2n) is 2.77. The van der Waals surface area contributed by atoms with Gasteiger partial charge in [-0.2, -0.15) is 0 Å². The number of hydrogen-bond donors (Lipinski definition) is 1. The average Bonchev–Trinajstić information content (AvgIpc) is 2.54. The molecule has 3 nitrogen and oxygen atoms in total. The number of aryl methyl sites for hydroxylation is 1. The summed E-state index contributed by atoms with van der Waals surface area (Å²) in [5.41, 5.74) is 6.64. The van der Waals surface area contributed by atoms with Crippen molar-refractivity contribution in [1.29, 1.82) is 0 Å². The van der Waals surface area contributed by atoms with Gasteiger partial charge in [0.2, 0.25) is 0 Å². The Hall–Kier alpha value is -0.370. The number of benzene rings is 1. The average molecular weight is 371 g/mol. The molecule has 0 aliphatic carbocycles. The van der Waals surface area contributed by atoms with Crippen LogP contribution in [0.25, 0.3) is 11.1 Å². The van der Waals surface area contributed by atoms with Gasteiger partial charge in [0.1, 0.15) is 5.52 Å². The number of nitrogens with zero attached hydrogens (tertiary/aromatic N) is 1. The first kappa shape index (κ1) is 10.2. The Balaban J connectivity index is 3.01. The number of aromatic nitrogens is 1. The number of nitrogens with two attached hydrogens (primary N) is 1. The summed E-state index contributed by atoms with van der Waals surface area (Å²) in [6, 6.07) is 0. The largest absolute Gasteiger partial charge is 0.440 e. The molecule has 0 unspecified atom stereocenters. The van der Waals surface area contributed by atoms with Gasteiger partial charge in [0, 0.05) is 6.92 Å². The van der Waals surface area contributed by atoms with Crippen LogP contribution in [-0.2, 0) is 0 Å². The van der Waals surface area contributed by atoms with Crippen LogP contribution in [0.3, 0.4) is 0 Å². The van der Waals surface area contributed by atoms with Crippen molar-refractivity contribution in [1.82, 2.24) is 4.98 Å². The van der Waals surface area contributed by atoms with Gasteiger partial charge < -0.3 is 10.2 Å². The number of oxazole rings is 1. The molecule has 1 heterocycles. The normalized spacial score (nSPS) is 11.1. The molecule has 2 rings (SSSR count). The van der Waals surface area contributed by atoms with Crippen LogP contribution in [0.4, 0.5) is 10.1 Å². The van der Waals surface area contributed by atoms with E-state index in [9.17, 15) is 4.39 Å². The van der Waals surface area contributed by atoms with E-state index >= 15 is 0 Å². The minimum atomic E-state index is -0.491. The van der Waals surface area contributed by atoms with E-state index in [1.54, 1.807) is 6.92 Å². The Morgan fingerprint density at radius 1 is 1.57 bits per heavy atom. The summed E-state index contributed by atoms with van der Waals surface area (Å²) in [5, 5.41) is 0. The lowest BCUT2D eigenvalue weighted by Crippen LogP contribution is -1.96. The van der Waals surface area contributed by atoms with Crippen LogP contribution in [0, 0.1) is 16.3 Å². The van der Waals surface area contributed by atoms with Crippen LogP contribution in [-0.4, -0.2) is 4.98 Å². The summed E-state index contributed by atoms with van der Waals surface area (Å²) in [5.74, 6) is -0.00110. The Kier molecular flexibility index (Phi) is 2.42. The van der Waals surface area contributed by atoms with Gasteiger partial charge in [0.25, 0.3) is 0 Å². The van der Waals surface area contributed by atoms with Gasteiger partial charge in [-0.15, -0.1) is 0 Å². The molecule has 2 N–H and O–H groups in total. The molecule has 0 fully saturated rings. The fourth-order valence-electron chi connectivity index (χ4n) is 1.17. The summed E-state index contributed by atoms with van der Waals surface area (Å²) < 4.78 is 19.6. The molecular weight excluding hydrogens is 366 g/mol. The summed E-state index contributed by atoms with van der Waals surface area (Å²) in [6.07, 6.45) is 0. The lowest BCUT2D eigenvalue weighted by molar-refractivity contribution is 0.558. The highest BCUT2D eigenvalue weighted by Gasteiger charge is 2.18. The summed E-state index contributed by atoms with van der Waals surface area (Å²) in [6.45, 7) is 1.70. The second-order valence-corrected chi connectivity index (χ2v) is 4.64. The first-order chi connectivity index (χ1) is 6.52. The van der Waals surface area contributed by atoms with Gasteiger partial charge in [0.15, 0.2) is 17.3 Å². The molecule has 6 heteroatoms. The van der Waals surface area contributed by atoms with Gasteiger partial charge in [-0.25, -0.2) is 9.37 Å². The maximum Gasteiger partial charge on any atom is 0.192 e. The molecule has 0 aliphatic heterocycles. The molecule has 2 aromatic rings. The Morgan fingerprint density at radius 2 is 2.21 bits per heavy atom. The van der Waals surface area contributed by atoms with E-state index in [1.165, 1.54) is 0 Å². The van der Waals surface area contributed by atoms with E-state index in [0.717, 1.165) is 0 Å². The zero-order chi connectivity index (χ0) is 10.5. The van der Waals surface area contributed by atoms with Gasteiger partial charge in [-0.05, 0) is 38.5 Å². The quantitative estimate of drug-likeness (QED) is 0.440. The fourth-order valence-corrected chi connectivity index (χ4v) is 2.25. The highest BCUT2D eigenvalue weighted by atomic mass is 127. The second kappa shape index (κ2) is 3.34. The Bertz CT molecular complexity index is 481. The zero-order valence-electron chi connectivity index (χ0n) is 7.07. The number of hydrogen-bond acceptors (Lipinski definition) is 3. The van der Waals surface area contributed by atoms with Crippen LogP contribution >= 0.6 is 38.5 Å². The van der Waals surface area contributed by atoms with Crippen molar-refractivity contribution in [3.63, 3.8) is 0 Å². The van der Waals surface area contributed by atoms with E-state index in [1.807, 2.05) is 22.6 Å². The molecule has 0 bridgehead atoms. The van der Waals surface area contributed by atoms with Crippen molar-refractivity contribution in [2.75, 3.05) is 5.73 Å². The van der Waals surface area contributed by atoms with Crippen molar-refractivity contribution in [3.8, 4) is 0 Å². The fraction of sp³-hybridized carbons (Fsp3) is 0.125. The molecule has 1 aromatic heterocycles. The lowest BCUT2D eigenvalue weighted by atomic mass is 10.3. The topological polar surface area (TPSA) is 52.0 Å². The summed E-state index contributed by atoms with van der Waals surface area (Å²) >= 11 is 5.04. The molecule has 74 valence electrons. The van der Waals surface area contributed by atoms with Crippen molar-refractivity contribution >= 4 is 55.3 Å². The first-order valence-electron chi connectivity index (χ1n) is 3.71. The van der Waals surface area contributed by atoms with Crippen LogP contribution in [0.5, 0.6) is 0 Å². The molecular formula is C8H5BrFIN2O. The van der Waals surface area contributed by atoms with Crippen molar-refractivity contribution in [3.05, 3.63) is 19.8 Å². The standard InChI is InChI=1S/C8H5BrFIN2O/c1-2-13-7-3(9)4(10)6(12)5(11)8(7)14-2/h12H2,1H3. The van der Waals surface area contributed by atoms with Crippen molar-refractivity contribution in [2.45, 2.75) is 6.92 Å². The number of fused-ring (bicyclic) bond motifs is 1. The van der Waals surface area contributed by atoms with Gasteiger partial charge in [-0.3, -0.25) is 0 Å². The molecule has 0 saturated carbocycles. The smallest absolute Gasteiger partial charge is 0.192 e. The molecule has 0 aliphatic rings. The molecule has 0 amide bonds. The molecule has 0 atom stereocenters. The predicted molar refractivity (Wildman–Crippen MR) is 63.5 cm³/mol. The van der Waals surface area contributed by atoms with Gasteiger partial charge in [0.05, 0.1) is 13.7 Å². The number of anilines is 1. The minimum Gasteiger partial charge on any atom is -0.440 e. The van der Waals surface area contributed by atoms with E-state index in [-0.39, 0.29) is 10.2 Å². The SMILES string of the molecule is Cc1nc2c(Br)c(F)c(N)c(I)c2o1. The van der Waals surface area contributed by atoms with Crippen LogP contribution in [0.2, 0.25) is 0 Å². The maximum absolute atomic E-state index is 13.5. The Morgan fingerprint density at radius 3 is 2.86 bits per heavy atom. The molecule has 0 spiro atoms. The van der Waals surface area contributed by atoms with Crippen LogP contribution in [0.1, 0.15) is 5.89 Å². The number of nitrogen functional groups attached to an aromatic ring is 1. The van der Waals surface area contributed by atoms with Crippen molar-refractivity contribution in [2.24, 2.45) is 0 Å². The van der Waals surface area contributed by atoms with E-state index in [2.05, 4.69) is 20.9 Å². The molecule has 0 saturated heterocycles. The third-order valence-corrected chi connectivity index (χ3v) is 3.60. The molecule has 1 aromatic carbocycles. The van der Waals surface area contributed by atoms with Gasteiger partial charge >= 0.3 is 0 Å².